The van der Waals surface area contributed by atoms with Crippen LogP contribution in [0.1, 0.15) is 67.7 Å². The van der Waals surface area contributed by atoms with Crippen molar-refractivity contribution in [3.05, 3.63) is 77.4 Å². The number of halogens is 6. The number of likely N-dealkylation sites (tertiary alicyclic amines) is 1. The van der Waals surface area contributed by atoms with Gasteiger partial charge >= 0.3 is 12.4 Å². The minimum Gasteiger partial charge on any atom is -0.339 e. The quantitative estimate of drug-likeness (QED) is 0.237. The lowest BCUT2D eigenvalue weighted by Gasteiger charge is -2.38. The molecule has 37 heavy (non-hydrogen) atoms. The molecule has 0 amide bonds. The van der Waals surface area contributed by atoms with Gasteiger partial charge in [-0.05, 0) is 79.6 Å². The van der Waals surface area contributed by atoms with Crippen molar-refractivity contribution in [2.75, 3.05) is 11.9 Å². The number of hydrogen-bond acceptors (Lipinski definition) is 1. The Labute approximate surface area is 218 Å². The monoisotopic (exact) mass is 540 g/mol. The summed E-state index contributed by atoms with van der Waals surface area (Å²) < 4.78 is 80.4. The first-order chi connectivity index (χ1) is 17.3. The lowest BCUT2D eigenvalue weighted by molar-refractivity contribution is -0.143. The van der Waals surface area contributed by atoms with Gasteiger partial charge in [-0.25, -0.2) is 0 Å². The first-order valence-electron chi connectivity index (χ1n) is 12.3. The van der Waals surface area contributed by atoms with Crippen LogP contribution in [0.4, 0.5) is 32.0 Å². The molecule has 0 radical (unpaired) electrons. The van der Waals surface area contributed by atoms with Gasteiger partial charge in [-0.3, -0.25) is 0 Å². The molecular formula is C28H30F6N2S. The highest BCUT2D eigenvalue weighted by molar-refractivity contribution is 7.80. The zero-order chi connectivity index (χ0) is 27.1. The summed E-state index contributed by atoms with van der Waals surface area (Å²) in [6.07, 6.45) is -1.16. The Kier molecular flexibility index (Phi) is 7.40. The smallest absolute Gasteiger partial charge is 0.339 e. The highest BCUT2D eigenvalue weighted by atomic mass is 32.1. The summed E-state index contributed by atoms with van der Waals surface area (Å²) in [5.41, 5.74) is -1.56. The fourth-order valence-corrected chi connectivity index (χ4v) is 6.35. The van der Waals surface area contributed by atoms with Crippen molar-refractivity contribution >= 4 is 23.0 Å². The summed E-state index contributed by atoms with van der Waals surface area (Å²) in [5.74, 6) is 0. The van der Waals surface area contributed by atoms with Gasteiger partial charge in [0, 0.05) is 12.2 Å². The molecule has 0 aromatic heterocycles. The van der Waals surface area contributed by atoms with Crippen LogP contribution < -0.4 is 5.32 Å². The van der Waals surface area contributed by atoms with Crippen molar-refractivity contribution in [1.29, 1.82) is 0 Å². The average molecular weight is 541 g/mol. The number of hydrogen-bond donors (Lipinski definition) is 1. The van der Waals surface area contributed by atoms with Crippen LogP contribution in [0.15, 0.2) is 55.1 Å². The Morgan fingerprint density at radius 1 is 0.973 bits per heavy atom. The maximum Gasteiger partial charge on any atom is 0.416 e. The number of nitrogens with zero attached hydrogens (tertiary/aromatic N) is 1. The van der Waals surface area contributed by atoms with E-state index in [1.165, 1.54) is 0 Å². The zero-order valence-corrected chi connectivity index (χ0v) is 21.4. The molecule has 200 valence electrons. The van der Waals surface area contributed by atoms with E-state index >= 15 is 0 Å². The van der Waals surface area contributed by atoms with Crippen molar-refractivity contribution in [1.82, 2.24) is 4.90 Å². The van der Waals surface area contributed by atoms with Gasteiger partial charge in [0.15, 0.2) is 5.11 Å². The molecule has 2 aromatic rings. The maximum atomic E-state index is 13.4. The van der Waals surface area contributed by atoms with Crippen LogP contribution in [-0.4, -0.2) is 16.6 Å². The summed E-state index contributed by atoms with van der Waals surface area (Å²) in [4.78, 5) is 1.96. The molecule has 2 aromatic carbocycles. The molecule has 4 rings (SSSR count). The van der Waals surface area contributed by atoms with Gasteiger partial charge in [-0.2, -0.15) is 26.3 Å². The van der Waals surface area contributed by atoms with E-state index in [9.17, 15) is 26.3 Å². The SMILES string of the molecule is C=CCc1ccc([C@]2(C)CC3(CCCCC3)CN2C(=S)Nc2cc(C(F)(F)F)cc(C(F)(F)F)c2)cc1. The van der Waals surface area contributed by atoms with Crippen molar-refractivity contribution in [2.45, 2.75) is 69.8 Å². The predicted octanol–water partition coefficient (Wildman–Crippen LogP) is 8.72. The molecule has 1 aliphatic heterocycles. The number of allylic oxidation sites excluding steroid dienone is 1. The molecule has 2 fully saturated rings. The molecule has 9 heteroatoms. The number of nitrogens with one attached hydrogen (secondary N) is 1. The second kappa shape index (κ2) is 9.97. The van der Waals surface area contributed by atoms with Gasteiger partial charge in [-0.1, -0.05) is 49.6 Å². The number of benzene rings is 2. The molecule has 2 nitrogen and oxygen atoms in total. The molecule has 0 unspecified atom stereocenters. The summed E-state index contributed by atoms with van der Waals surface area (Å²) >= 11 is 5.68. The van der Waals surface area contributed by atoms with Crippen LogP contribution in [0.2, 0.25) is 0 Å². The molecule has 1 atom stereocenters. The topological polar surface area (TPSA) is 15.3 Å². The van der Waals surface area contributed by atoms with E-state index < -0.39 is 29.0 Å². The van der Waals surface area contributed by atoms with Crippen LogP contribution in [0.5, 0.6) is 0 Å². The molecule has 1 aliphatic carbocycles. The molecule has 0 bridgehead atoms. The minimum absolute atomic E-state index is 0.0104. The highest BCUT2D eigenvalue weighted by Crippen LogP contribution is 2.54. The number of rotatable bonds is 4. The lowest BCUT2D eigenvalue weighted by atomic mass is 9.70. The molecule has 1 N–H and O–H groups in total. The highest BCUT2D eigenvalue weighted by Gasteiger charge is 2.52. The number of thiocarbonyl (C=S) groups is 1. The fourth-order valence-electron chi connectivity index (χ4n) is 5.97. The molecule has 1 spiro atoms. The second-order valence-electron chi connectivity index (χ2n) is 10.5. The van der Waals surface area contributed by atoms with E-state index in [1.54, 1.807) is 0 Å². The van der Waals surface area contributed by atoms with E-state index in [0.29, 0.717) is 18.7 Å². The normalized spacial score (nSPS) is 21.8. The van der Waals surface area contributed by atoms with E-state index in [4.69, 9.17) is 12.2 Å². The van der Waals surface area contributed by atoms with Gasteiger partial charge < -0.3 is 10.2 Å². The van der Waals surface area contributed by atoms with Gasteiger partial charge in [0.1, 0.15) is 0 Å². The third-order valence-electron chi connectivity index (χ3n) is 7.76. The maximum absolute atomic E-state index is 13.4. The predicted molar refractivity (Wildman–Crippen MR) is 137 cm³/mol. The van der Waals surface area contributed by atoms with Crippen LogP contribution in [0, 0.1) is 5.41 Å². The Morgan fingerprint density at radius 2 is 1.54 bits per heavy atom. The van der Waals surface area contributed by atoms with E-state index in [0.717, 1.165) is 56.1 Å². The van der Waals surface area contributed by atoms with Crippen molar-refractivity contribution < 1.29 is 26.3 Å². The summed E-state index contributed by atoms with van der Waals surface area (Å²) in [6.45, 7) is 6.42. The van der Waals surface area contributed by atoms with Gasteiger partial charge in [-0.15, -0.1) is 6.58 Å². The molecule has 1 heterocycles. The van der Waals surface area contributed by atoms with Crippen molar-refractivity contribution in [2.24, 2.45) is 5.41 Å². The lowest BCUT2D eigenvalue weighted by Crippen LogP contribution is -2.45. The Hall–Kier alpha value is -2.55. The van der Waals surface area contributed by atoms with E-state index in [1.807, 2.05) is 35.2 Å². The first kappa shape index (κ1) is 27.5. The van der Waals surface area contributed by atoms with Gasteiger partial charge in [0.25, 0.3) is 0 Å². The number of anilines is 1. The van der Waals surface area contributed by atoms with E-state index in [2.05, 4.69) is 18.8 Å². The third-order valence-corrected chi connectivity index (χ3v) is 8.09. The Morgan fingerprint density at radius 3 is 2.05 bits per heavy atom. The fraction of sp³-hybridized carbons (Fsp3) is 0.464. The Balaban J connectivity index is 1.70. The molecule has 2 aliphatic rings. The summed E-state index contributed by atoms with van der Waals surface area (Å²) in [7, 11) is 0. The summed E-state index contributed by atoms with van der Waals surface area (Å²) in [5, 5.41) is 2.85. The van der Waals surface area contributed by atoms with Gasteiger partial charge in [0.2, 0.25) is 0 Å². The van der Waals surface area contributed by atoms with Crippen molar-refractivity contribution in [3.8, 4) is 0 Å². The number of alkyl halides is 6. The average Bonchev–Trinajstić information content (AvgIpc) is 3.11. The van der Waals surface area contributed by atoms with Crippen LogP contribution >= 0.6 is 12.2 Å². The third kappa shape index (κ3) is 5.81. The largest absolute Gasteiger partial charge is 0.416 e. The molecule has 1 saturated heterocycles. The van der Waals surface area contributed by atoms with Crippen LogP contribution in [0.3, 0.4) is 0 Å². The minimum atomic E-state index is -4.93. The van der Waals surface area contributed by atoms with Crippen LogP contribution in [0.25, 0.3) is 0 Å². The zero-order valence-electron chi connectivity index (χ0n) is 20.6. The van der Waals surface area contributed by atoms with Crippen molar-refractivity contribution in [3.63, 3.8) is 0 Å². The van der Waals surface area contributed by atoms with Crippen LogP contribution in [-0.2, 0) is 24.3 Å². The standard InChI is InChI=1S/C28H30F6N2S/c1-3-7-19-8-10-20(11-9-19)25(2)17-26(12-5-4-6-13-26)18-36(25)24(37)35-23-15-21(27(29,30)31)14-22(16-23)28(32,33)34/h3,8-11,14-16H,1,4-7,12-13,17-18H2,2H3,(H,35,37)/t25-/m0/s1. The summed E-state index contributed by atoms with van der Waals surface area (Å²) in [6, 6.07) is 9.57. The Bertz CT molecular complexity index is 1120. The first-order valence-corrected chi connectivity index (χ1v) is 12.8. The van der Waals surface area contributed by atoms with Gasteiger partial charge in [0.05, 0.1) is 16.7 Å². The molecule has 1 saturated carbocycles. The second-order valence-corrected chi connectivity index (χ2v) is 10.9. The molecular weight excluding hydrogens is 510 g/mol. The van der Waals surface area contributed by atoms with E-state index in [-0.39, 0.29) is 22.3 Å².